The van der Waals surface area contributed by atoms with Crippen LogP contribution in [0.5, 0.6) is 0 Å². The van der Waals surface area contributed by atoms with Gasteiger partial charge in [0.2, 0.25) is 0 Å². The molecule has 0 atom stereocenters. The molecule has 2 heterocycles. The number of nitrogens with zero attached hydrogens (tertiary/aromatic N) is 2. The Balaban J connectivity index is 1.95. The van der Waals surface area contributed by atoms with Crippen LogP contribution in [0.4, 0.5) is 0 Å². The Kier molecular flexibility index (Phi) is 6.50. The zero-order valence-corrected chi connectivity index (χ0v) is 12.1. The normalized spacial score (nSPS) is 25.0. The first-order valence-corrected chi connectivity index (χ1v) is 8.19. The first-order chi connectivity index (χ1) is 8.92. The second-order valence-electron chi connectivity index (χ2n) is 6.02. The van der Waals surface area contributed by atoms with Crippen LogP contribution in [0.2, 0.25) is 0 Å². The molecular formula is C16H31N2. The predicted molar refractivity (Wildman–Crippen MR) is 78.5 cm³/mol. The monoisotopic (exact) mass is 251 g/mol. The summed E-state index contributed by atoms with van der Waals surface area (Å²) in [6.07, 6.45) is 14.4. The SMILES string of the molecule is [CH2]CCC(N1CCCCCC1)N1CCCCCC1. The molecule has 0 saturated carbocycles. The Morgan fingerprint density at radius 3 is 1.39 bits per heavy atom. The summed E-state index contributed by atoms with van der Waals surface area (Å²) in [7, 11) is 0. The van der Waals surface area contributed by atoms with Crippen LogP contribution in [0.3, 0.4) is 0 Å². The summed E-state index contributed by atoms with van der Waals surface area (Å²) in [6.45, 7) is 9.39. The number of hydrogen-bond donors (Lipinski definition) is 0. The number of rotatable bonds is 4. The minimum Gasteiger partial charge on any atom is -0.288 e. The van der Waals surface area contributed by atoms with Crippen LogP contribution < -0.4 is 0 Å². The Hall–Kier alpha value is -0.0800. The van der Waals surface area contributed by atoms with E-state index in [-0.39, 0.29) is 0 Å². The third-order valence-electron chi connectivity index (χ3n) is 4.59. The summed E-state index contributed by atoms with van der Waals surface area (Å²) >= 11 is 0. The molecular weight excluding hydrogens is 220 g/mol. The van der Waals surface area contributed by atoms with Gasteiger partial charge in [0.25, 0.3) is 0 Å². The van der Waals surface area contributed by atoms with Crippen LogP contribution in [0, 0.1) is 6.92 Å². The molecule has 2 saturated heterocycles. The van der Waals surface area contributed by atoms with E-state index < -0.39 is 0 Å². The van der Waals surface area contributed by atoms with Gasteiger partial charge in [0.1, 0.15) is 0 Å². The minimum atomic E-state index is 0.693. The fraction of sp³-hybridized carbons (Fsp3) is 0.938. The summed E-state index contributed by atoms with van der Waals surface area (Å²) in [6, 6.07) is 0. The van der Waals surface area contributed by atoms with Gasteiger partial charge in [0.05, 0.1) is 6.17 Å². The molecule has 2 heteroatoms. The summed E-state index contributed by atoms with van der Waals surface area (Å²) in [5.74, 6) is 0. The van der Waals surface area contributed by atoms with E-state index >= 15 is 0 Å². The van der Waals surface area contributed by atoms with Crippen molar-refractivity contribution in [3.05, 3.63) is 6.92 Å². The molecule has 0 N–H and O–H groups in total. The molecule has 2 fully saturated rings. The van der Waals surface area contributed by atoms with Gasteiger partial charge in [-0.05, 0) is 58.3 Å². The maximum absolute atomic E-state index is 4.11. The molecule has 0 bridgehead atoms. The molecule has 0 amide bonds. The van der Waals surface area contributed by atoms with Crippen LogP contribution in [-0.4, -0.2) is 42.1 Å². The molecule has 2 aliphatic heterocycles. The highest BCUT2D eigenvalue weighted by Gasteiger charge is 2.25. The smallest absolute Gasteiger partial charge is 0.0622 e. The maximum Gasteiger partial charge on any atom is 0.0622 e. The van der Waals surface area contributed by atoms with Crippen molar-refractivity contribution < 1.29 is 0 Å². The van der Waals surface area contributed by atoms with Gasteiger partial charge in [-0.2, -0.15) is 0 Å². The highest BCUT2D eigenvalue weighted by molar-refractivity contribution is 4.77. The van der Waals surface area contributed by atoms with Crippen molar-refractivity contribution in [1.82, 2.24) is 9.80 Å². The number of hydrogen-bond acceptors (Lipinski definition) is 2. The molecule has 0 spiro atoms. The minimum absolute atomic E-state index is 0.693. The highest BCUT2D eigenvalue weighted by atomic mass is 15.3. The van der Waals surface area contributed by atoms with E-state index in [2.05, 4.69) is 16.7 Å². The van der Waals surface area contributed by atoms with Gasteiger partial charge in [0.15, 0.2) is 0 Å². The summed E-state index contributed by atoms with van der Waals surface area (Å²) in [5, 5.41) is 0. The lowest BCUT2D eigenvalue weighted by atomic mass is 10.2. The first-order valence-electron chi connectivity index (χ1n) is 8.19. The summed E-state index contributed by atoms with van der Waals surface area (Å²) < 4.78 is 0. The van der Waals surface area contributed by atoms with E-state index in [1.54, 1.807) is 0 Å². The molecule has 0 unspecified atom stereocenters. The Labute approximate surface area is 114 Å². The van der Waals surface area contributed by atoms with E-state index in [1.807, 2.05) is 0 Å². The molecule has 0 aromatic rings. The number of likely N-dealkylation sites (tertiary alicyclic amines) is 2. The van der Waals surface area contributed by atoms with E-state index in [9.17, 15) is 0 Å². The second-order valence-corrected chi connectivity index (χ2v) is 6.02. The lowest BCUT2D eigenvalue weighted by Crippen LogP contribution is -2.49. The summed E-state index contributed by atoms with van der Waals surface area (Å²) in [4.78, 5) is 5.53. The topological polar surface area (TPSA) is 6.48 Å². The van der Waals surface area contributed by atoms with Crippen molar-refractivity contribution in [3.63, 3.8) is 0 Å². The fourth-order valence-electron chi connectivity index (χ4n) is 3.57. The van der Waals surface area contributed by atoms with Crippen LogP contribution in [0.25, 0.3) is 0 Å². The van der Waals surface area contributed by atoms with Crippen molar-refractivity contribution in [1.29, 1.82) is 0 Å². The molecule has 2 aliphatic rings. The molecule has 1 radical (unpaired) electrons. The molecule has 2 nitrogen and oxygen atoms in total. The zero-order valence-electron chi connectivity index (χ0n) is 12.1. The fourth-order valence-corrected chi connectivity index (χ4v) is 3.57. The average Bonchev–Trinajstić information content (AvgIpc) is 2.80. The highest BCUT2D eigenvalue weighted by Crippen LogP contribution is 2.21. The largest absolute Gasteiger partial charge is 0.288 e. The van der Waals surface area contributed by atoms with Crippen molar-refractivity contribution >= 4 is 0 Å². The van der Waals surface area contributed by atoms with Crippen molar-refractivity contribution in [2.24, 2.45) is 0 Å². The third kappa shape index (κ3) is 4.24. The Morgan fingerprint density at radius 1 is 0.667 bits per heavy atom. The lowest BCUT2D eigenvalue weighted by molar-refractivity contribution is 0.0404. The zero-order chi connectivity index (χ0) is 12.6. The predicted octanol–water partition coefficient (Wildman–Crippen LogP) is 3.68. The third-order valence-corrected chi connectivity index (χ3v) is 4.59. The molecule has 0 aliphatic carbocycles. The second kappa shape index (κ2) is 8.16. The van der Waals surface area contributed by atoms with Gasteiger partial charge in [-0.15, -0.1) is 0 Å². The standard InChI is InChI=1S/C16H31N2/c1-2-11-16(17-12-7-3-4-8-13-17)18-14-9-5-6-10-15-18/h16H,1-15H2. The van der Waals surface area contributed by atoms with Gasteiger partial charge in [-0.1, -0.05) is 39.0 Å². The van der Waals surface area contributed by atoms with Gasteiger partial charge in [-0.3, -0.25) is 9.80 Å². The van der Waals surface area contributed by atoms with E-state index in [1.165, 1.54) is 84.0 Å². The molecule has 105 valence electrons. The average molecular weight is 251 g/mol. The first kappa shape index (κ1) is 14.3. The maximum atomic E-state index is 4.11. The van der Waals surface area contributed by atoms with Crippen molar-refractivity contribution in [2.45, 2.75) is 70.4 Å². The van der Waals surface area contributed by atoms with Gasteiger partial charge < -0.3 is 0 Å². The van der Waals surface area contributed by atoms with Gasteiger partial charge in [0, 0.05) is 0 Å². The van der Waals surface area contributed by atoms with Crippen LogP contribution in [0.1, 0.15) is 64.2 Å². The quantitative estimate of drug-likeness (QED) is 0.752. The van der Waals surface area contributed by atoms with Crippen molar-refractivity contribution in [3.8, 4) is 0 Å². The van der Waals surface area contributed by atoms with Crippen LogP contribution in [0.15, 0.2) is 0 Å². The molecule has 2 rings (SSSR count). The lowest BCUT2D eigenvalue weighted by Gasteiger charge is -2.39. The van der Waals surface area contributed by atoms with E-state index in [0.717, 1.165) is 6.42 Å². The summed E-state index contributed by atoms with van der Waals surface area (Å²) in [5.41, 5.74) is 0. The molecule has 0 aromatic carbocycles. The molecule has 0 aromatic heterocycles. The van der Waals surface area contributed by atoms with Crippen LogP contribution in [-0.2, 0) is 0 Å². The van der Waals surface area contributed by atoms with Crippen molar-refractivity contribution in [2.75, 3.05) is 26.2 Å². The van der Waals surface area contributed by atoms with E-state index in [0.29, 0.717) is 6.17 Å². The Bertz CT molecular complexity index is 181. The van der Waals surface area contributed by atoms with E-state index in [4.69, 9.17) is 0 Å². The molecule has 18 heavy (non-hydrogen) atoms. The van der Waals surface area contributed by atoms with Gasteiger partial charge >= 0.3 is 0 Å². The van der Waals surface area contributed by atoms with Crippen LogP contribution >= 0.6 is 0 Å². The van der Waals surface area contributed by atoms with Gasteiger partial charge in [-0.25, -0.2) is 0 Å². The Morgan fingerprint density at radius 2 is 1.06 bits per heavy atom.